The van der Waals surface area contributed by atoms with Crippen molar-refractivity contribution < 1.29 is 14.3 Å². The average Bonchev–Trinajstić information content (AvgIpc) is 3.14. The molecule has 12 heteroatoms. The smallest absolute Gasteiger partial charge is 0.416 e. The number of amides is 1. The molecule has 1 heterocycles. The number of carbonyl (C=O) groups is 1. The number of rotatable bonds is 12. The number of anilines is 1. The monoisotopic (exact) mass is 771 g/mol. The van der Waals surface area contributed by atoms with Gasteiger partial charge >= 0.3 is 6.09 Å². The minimum atomic E-state index is -0.399. The number of para-hydroxylation sites is 1. The zero-order valence-electron chi connectivity index (χ0n) is 34.9. The third kappa shape index (κ3) is 24.8. The van der Waals surface area contributed by atoms with Gasteiger partial charge in [-0.05, 0) is 119 Å². The number of fused-ring (bicyclic) bond motifs is 1. The summed E-state index contributed by atoms with van der Waals surface area (Å²) in [6.45, 7) is 17.2. The summed E-state index contributed by atoms with van der Waals surface area (Å²) in [5.74, 6) is 0. The second kappa shape index (κ2) is 33.0. The van der Waals surface area contributed by atoms with Crippen molar-refractivity contribution in [1.29, 1.82) is 0 Å². The molecular weight excluding hydrogens is 700 g/mol. The first-order valence-electron chi connectivity index (χ1n) is 20.0. The quantitative estimate of drug-likeness (QED) is 0.155. The lowest BCUT2D eigenvalue weighted by Gasteiger charge is -2.32. The summed E-state index contributed by atoms with van der Waals surface area (Å²) in [6, 6.07) is 17.6. The van der Waals surface area contributed by atoms with E-state index in [0.29, 0.717) is 37.4 Å². The van der Waals surface area contributed by atoms with Gasteiger partial charge in [-0.1, -0.05) is 62.8 Å². The summed E-state index contributed by atoms with van der Waals surface area (Å²) in [4.78, 5) is 40.4. The molecule has 1 unspecified atom stereocenters. The molecular formula is C42H71ClN8O3. The van der Waals surface area contributed by atoms with Crippen molar-refractivity contribution >= 4 is 48.3 Å². The summed E-state index contributed by atoms with van der Waals surface area (Å²) < 4.78 is 10.6. The molecule has 304 valence electrons. The molecule has 2 saturated carbocycles. The lowest BCUT2D eigenvalue weighted by atomic mass is 9.96. The van der Waals surface area contributed by atoms with Crippen LogP contribution in [0.25, 0.3) is 6.08 Å². The van der Waals surface area contributed by atoms with Gasteiger partial charge in [0.25, 0.3) is 0 Å². The van der Waals surface area contributed by atoms with Crippen molar-refractivity contribution in [1.82, 2.24) is 4.90 Å². The van der Waals surface area contributed by atoms with Gasteiger partial charge in [0.15, 0.2) is 6.23 Å². The van der Waals surface area contributed by atoms with E-state index in [1.807, 2.05) is 78.0 Å². The Labute approximate surface area is 333 Å². The van der Waals surface area contributed by atoms with Crippen LogP contribution in [0.2, 0.25) is 0 Å². The molecule has 0 saturated heterocycles. The van der Waals surface area contributed by atoms with Crippen LogP contribution in [0.4, 0.5) is 10.5 Å². The predicted octanol–water partition coefficient (Wildman–Crippen LogP) is 10.4. The topological polar surface area (TPSA) is 116 Å². The molecule has 1 amide bonds. The van der Waals surface area contributed by atoms with E-state index in [4.69, 9.17) is 9.47 Å². The molecule has 0 spiro atoms. The Morgan fingerprint density at radius 1 is 0.815 bits per heavy atom. The van der Waals surface area contributed by atoms with E-state index < -0.39 is 6.23 Å². The molecule has 1 aliphatic heterocycles. The van der Waals surface area contributed by atoms with Crippen LogP contribution < -0.4 is 4.90 Å². The van der Waals surface area contributed by atoms with Crippen LogP contribution in [0, 0.1) is 0 Å². The number of ether oxygens (including phenoxy) is 2. The van der Waals surface area contributed by atoms with Crippen LogP contribution in [-0.2, 0) is 9.47 Å². The summed E-state index contributed by atoms with van der Waals surface area (Å²) >= 11 is 0. The molecule has 54 heavy (non-hydrogen) atoms. The Kier molecular flexibility index (Phi) is 30.9. The van der Waals surface area contributed by atoms with E-state index in [-0.39, 0.29) is 18.5 Å². The Balaban J connectivity index is 0.000000715. The lowest BCUT2D eigenvalue weighted by molar-refractivity contribution is 0.0830. The zero-order valence-corrected chi connectivity index (χ0v) is 35.7. The van der Waals surface area contributed by atoms with Crippen molar-refractivity contribution in [2.75, 3.05) is 51.8 Å². The summed E-state index contributed by atoms with van der Waals surface area (Å²) in [6.07, 6.45) is 17.3. The third-order valence-corrected chi connectivity index (χ3v) is 8.13. The Bertz CT molecular complexity index is 1300. The SMILES string of the molecule is C(=NC1CCCCC1)=NC1CCCCC1.CC(C)N=C=NC(C)C.CCN=C=NCCCN(C)C.CCOC(=O)N1c2ccccc2C=CC1OCC.Cl. The van der Waals surface area contributed by atoms with Crippen molar-refractivity contribution in [2.45, 2.75) is 149 Å². The van der Waals surface area contributed by atoms with E-state index in [0.717, 1.165) is 37.3 Å². The normalized spacial score (nSPS) is 16.1. The maximum Gasteiger partial charge on any atom is 0.416 e. The van der Waals surface area contributed by atoms with E-state index in [1.165, 1.54) is 64.2 Å². The van der Waals surface area contributed by atoms with Crippen molar-refractivity contribution in [3.8, 4) is 0 Å². The largest absolute Gasteiger partial charge is 0.449 e. The molecule has 11 nitrogen and oxygen atoms in total. The number of aliphatic imine (C=N–C) groups is 6. The van der Waals surface area contributed by atoms with Crippen LogP contribution >= 0.6 is 12.4 Å². The van der Waals surface area contributed by atoms with Gasteiger partial charge in [-0.3, -0.25) is 0 Å². The van der Waals surface area contributed by atoms with Gasteiger partial charge in [0.05, 0.1) is 61.0 Å². The van der Waals surface area contributed by atoms with Gasteiger partial charge < -0.3 is 14.4 Å². The van der Waals surface area contributed by atoms with Gasteiger partial charge in [0.1, 0.15) is 0 Å². The minimum Gasteiger partial charge on any atom is -0.449 e. The fourth-order valence-corrected chi connectivity index (χ4v) is 5.47. The first-order valence-corrected chi connectivity index (χ1v) is 20.0. The van der Waals surface area contributed by atoms with Crippen LogP contribution in [0.5, 0.6) is 0 Å². The predicted molar refractivity (Wildman–Crippen MR) is 230 cm³/mol. The third-order valence-electron chi connectivity index (χ3n) is 8.13. The molecule has 2 fully saturated rings. The average molecular weight is 772 g/mol. The number of nitrogens with zero attached hydrogens (tertiary/aromatic N) is 8. The van der Waals surface area contributed by atoms with Gasteiger partial charge in [0, 0.05) is 13.2 Å². The van der Waals surface area contributed by atoms with E-state index in [1.54, 1.807) is 11.8 Å². The van der Waals surface area contributed by atoms with Gasteiger partial charge in [0.2, 0.25) is 0 Å². The van der Waals surface area contributed by atoms with Crippen LogP contribution in [0.15, 0.2) is 60.3 Å². The van der Waals surface area contributed by atoms with Crippen LogP contribution in [0.3, 0.4) is 0 Å². The van der Waals surface area contributed by atoms with Gasteiger partial charge in [-0.2, -0.15) is 0 Å². The molecule has 1 aromatic rings. The van der Waals surface area contributed by atoms with Crippen LogP contribution in [0.1, 0.15) is 125 Å². The van der Waals surface area contributed by atoms with E-state index in [2.05, 4.69) is 67.0 Å². The van der Waals surface area contributed by atoms with E-state index >= 15 is 0 Å². The maximum absolute atomic E-state index is 12.0. The number of carbonyl (C=O) groups excluding carboxylic acids is 1. The molecule has 1 aromatic carbocycles. The summed E-state index contributed by atoms with van der Waals surface area (Å²) in [5, 5.41) is 0. The standard InChI is InChI=1S/C14H17NO3.C13H22N2.C8H17N3.C7H14N2.ClH/c1-3-17-13-10-9-11-7-5-6-8-12(11)15(13)14(16)18-4-2;1-3-7-12(8-4-1)14-11-15-13-9-5-2-6-10-13;1-4-9-8-10-6-5-7-11(2)3;1-6(2)8-5-9-7(3)4;/h5-10,13H,3-4H2,1-2H3;12-13H,1-10H2;4-7H2,1-3H3;6-7H,1-4H3;1H. The second-order valence-electron chi connectivity index (χ2n) is 13.9. The molecule has 0 aromatic heterocycles. The van der Waals surface area contributed by atoms with Gasteiger partial charge in [-0.15, -0.1) is 12.4 Å². The Hall–Kier alpha value is -3.42. The molecule has 2 aliphatic carbocycles. The fraction of sp³-hybridized carbons (Fsp3) is 0.714. The highest BCUT2D eigenvalue weighted by Gasteiger charge is 2.29. The Morgan fingerprint density at radius 3 is 1.89 bits per heavy atom. The summed E-state index contributed by atoms with van der Waals surface area (Å²) in [5.41, 5.74) is 1.80. The minimum absolute atomic E-state index is 0. The highest BCUT2D eigenvalue weighted by atomic mass is 35.5. The first kappa shape index (κ1) is 50.6. The number of benzene rings is 1. The first-order chi connectivity index (χ1) is 25.6. The number of hydrogen-bond donors (Lipinski definition) is 0. The molecule has 1 atom stereocenters. The van der Waals surface area contributed by atoms with Crippen molar-refractivity contribution in [3.05, 3.63) is 35.9 Å². The highest BCUT2D eigenvalue weighted by molar-refractivity contribution is 5.93. The number of hydrogen-bond acceptors (Lipinski definition) is 10. The highest BCUT2D eigenvalue weighted by Crippen LogP contribution is 2.30. The zero-order chi connectivity index (χ0) is 39.1. The van der Waals surface area contributed by atoms with Crippen molar-refractivity contribution in [3.63, 3.8) is 0 Å². The molecule has 0 N–H and O–H groups in total. The summed E-state index contributed by atoms with van der Waals surface area (Å²) in [7, 11) is 4.12. The molecule has 3 aliphatic rings. The fourth-order valence-electron chi connectivity index (χ4n) is 5.47. The van der Waals surface area contributed by atoms with Gasteiger partial charge in [-0.25, -0.2) is 39.6 Å². The molecule has 4 rings (SSSR count). The molecule has 0 radical (unpaired) electrons. The van der Waals surface area contributed by atoms with Crippen molar-refractivity contribution in [2.24, 2.45) is 30.0 Å². The molecule has 0 bridgehead atoms. The number of halogens is 1. The van der Waals surface area contributed by atoms with Crippen LogP contribution in [-0.4, -0.2) is 106 Å². The Morgan fingerprint density at radius 2 is 1.39 bits per heavy atom. The second-order valence-corrected chi connectivity index (χ2v) is 13.9. The van der Waals surface area contributed by atoms with E-state index in [9.17, 15) is 4.79 Å². The maximum atomic E-state index is 12.0. The lowest BCUT2D eigenvalue weighted by Crippen LogP contribution is -2.43.